The average molecular weight is 614 g/mol. The van der Waals surface area contributed by atoms with Crippen LogP contribution in [-0.2, 0) is 36.0 Å². The van der Waals surface area contributed by atoms with Gasteiger partial charge in [-0.3, -0.25) is 4.79 Å². The number of carbonyl (C=O) groups excluding carboxylic acids is 1. The van der Waals surface area contributed by atoms with Gasteiger partial charge in [0.1, 0.15) is 15.8 Å². The summed E-state index contributed by atoms with van der Waals surface area (Å²) in [6, 6.07) is 21.5. The molecule has 42 heavy (non-hydrogen) atoms. The first-order valence-electron chi connectivity index (χ1n) is 13.5. The van der Waals surface area contributed by atoms with Gasteiger partial charge in [-0.05, 0) is 65.9 Å². The van der Waals surface area contributed by atoms with Crippen LogP contribution in [0.25, 0.3) is 0 Å². The molecule has 0 fully saturated rings. The second-order valence-corrected chi connectivity index (χ2v) is 13.0. The Morgan fingerprint density at radius 1 is 0.881 bits per heavy atom. The fraction of sp³-hybridized carbons (Fsp3) is 0.258. The molecular formula is C31H33F2N3O4S2. The summed E-state index contributed by atoms with van der Waals surface area (Å²) >= 11 is 0.978. The molecule has 1 heterocycles. The molecule has 0 aliphatic heterocycles. The molecular weight excluding hydrogens is 580 g/mol. The van der Waals surface area contributed by atoms with Gasteiger partial charge in [0, 0.05) is 29.6 Å². The van der Waals surface area contributed by atoms with Crippen molar-refractivity contribution in [2.45, 2.75) is 49.2 Å². The van der Waals surface area contributed by atoms with Crippen LogP contribution in [0.2, 0.25) is 0 Å². The number of nitrogens with one attached hydrogen (secondary N) is 3. The van der Waals surface area contributed by atoms with Crippen molar-refractivity contribution in [3.63, 3.8) is 0 Å². The number of thiophene rings is 1. The van der Waals surface area contributed by atoms with Crippen molar-refractivity contribution < 1.29 is 27.1 Å². The molecule has 2 unspecified atom stereocenters. The third-order valence-corrected chi connectivity index (χ3v) is 9.66. The molecule has 0 aliphatic rings. The SMILES string of the molecule is CCc1cccc(CNCC(O)C(Cc2cc(F)cc(F)c2)NS(=O)(=O)c2ccc(CNC(=O)c3ccccc3)s2)c1. The number of aliphatic hydroxyl groups excluding tert-OH is 1. The molecule has 0 saturated heterocycles. The summed E-state index contributed by atoms with van der Waals surface area (Å²) in [7, 11) is -4.12. The van der Waals surface area contributed by atoms with Crippen molar-refractivity contribution in [2.24, 2.45) is 0 Å². The first kappa shape index (κ1) is 31.5. The maximum atomic E-state index is 13.9. The van der Waals surface area contributed by atoms with Gasteiger partial charge in [-0.25, -0.2) is 21.9 Å². The maximum absolute atomic E-state index is 13.9. The van der Waals surface area contributed by atoms with Gasteiger partial charge in [0.25, 0.3) is 5.91 Å². The molecule has 0 saturated carbocycles. The molecule has 0 spiro atoms. The number of amides is 1. The Morgan fingerprint density at radius 2 is 1.60 bits per heavy atom. The highest BCUT2D eigenvalue weighted by Crippen LogP contribution is 2.23. The number of halogens is 2. The van der Waals surface area contributed by atoms with E-state index < -0.39 is 33.8 Å². The van der Waals surface area contributed by atoms with Crippen molar-refractivity contribution in [1.29, 1.82) is 0 Å². The van der Waals surface area contributed by atoms with E-state index in [0.29, 0.717) is 17.0 Å². The van der Waals surface area contributed by atoms with E-state index in [2.05, 4.69) is 22.3 Å². The second-order valence-electron chi connectivity index (χ2n) is 9.85. The molecule has 222 valence electrons. The van der Waals surface area contributed by atoms with Gasteiger partial charge < -0.3 is 15.7 Å². The Kier molecular flexibility index (Phi) is 10.9. The molecule has 0 aliphatic carbocycles. The Hall–Kier alpha value is -3.48. The van der Waals surface area contributed by atoms with Gasteiger partial charge in [0.2, 0.25) is 10.0 Å². The van der Waals surface area contributed by atoms with Gasteiger partial charge in [0.15, 0.2) is 0 Å². The van der Waals surface area contributed by atoms with Gasteiger partial charge in [-0.15, -0.1) is 11.3 Å². The zero-order valence-electron chi connectivity index (χ0n) is 23.0. The molecule has 2 atom stereocenters. The highest BCUT2D eigenvalue weighted by Gasteiger charge is 2.28. The lowest BCUT2D eigenvalue weighted by Crippen LogP contribution is -2.48. The summed E-state index contributed by atoms with van der Waals surface area (Å²) in [5.41, 5.74) is 2.87. The third kappa shape index (κ3) is 9.01. The fourth-order valence-electron chi connectivity index (χ4n) is 4.42. The van der Waals surface area contributed by atoms with E-state index in [0.717, 1.165) is 41.5 Å². The van der Waals surface area contributed by atoms with Crippen LogP contribution in [0.15, 0.2) is 89.1 Å². The lowest BCUT2D eigenvalue weighted by atomic mass is 10.0. The number of sulfonamides is 1. The summed E-state index contributed by atoms with van der Waals surface area (Å²) in [6.07, 6.45) is -0.480. The van der Waals surface area contributed by atoms with Crippen molar-refractivity contribution in [2.75, 3.05) is 6.54 Å². The molecule has 4 aromatic rings. The molecule has 1 amide bonds. The van der Waals surface area contributed by atoms with Crippen LogP contribution in [0.1, 0.15) is 38.8 Å². The van der Waals surface area contributed by atoms with E-state index in [9.17, 15) is 27.1 Å². The second kappa shape index (κ2) is 14.6. The predicted octanol–water partition coefficient (Wildman–Crippen LogP) is 4.56. The Labute approximate surface area is 248 Å². The quantitative estimate of drug-likeness (QED) is 0.167. The predicted molar refractivity (Wildman–Crippen MR) is 160 cm³/mol. The fourth-order valence-corrected chi connectivity index (χ4v) is 7.00. The van der Waals surface area contributed by atoms with E-state index in [4.69, 9.17) is 0 Å². The summed E-state index contributed by atoms with van der Waals surface area (Å²) in [5, 5.41) is 16.9. The Bertz CT molecular complexity index is 1580. The number of hydrogen-bond donors (Lipinski definition) is 4. The number of hydrogen-bond acceptors (Lipinski definition) is 6. The number of aliphatic hydroxyl groups is 1. The molecule has 0 bridgehead atoms. The van der Waals surface area contributed by atoms with Gasteiger partial charge in [-0.1, -0.05) is 49.4 Å². The lowest BCUT2D eigenvalue weighted by Gasteiger charge is -2.24. The number of rotatable bonds is 14. The summed E-state index contributed by atoms with van der Waals surface area (Å²) in [4.78, 5) is 13.0. The van der Waals surface area contributed by atoms with Crippen LogP contribution < -0.4 is 15.4 Å². The van der Waals surface area contributed by atoms with Crippen molar-refractivity contribution in [1.82, 2.24) is 15.4 Å². The average Bonchev–Trinajstić information content (AvgIpc) is 3.46. The lowest BCUT2D eigenvalue weighted by molar-refractivity contribution is 0.0951. The summed E-state index contributed by atoms with van der Waals surface area (Å²) in [6.45, 7) is 2.66. The van der Waals surface area contributed by atoms with E-state index in [1.54, 1.807) is 36.4 Å². The van der Waals surface area contributed by atoms with Crippen LogP contribution in [0.3, 0.4) is 0 Å². The molecule has 0 radical (unpaired) electrons. The van der Waals surface area contributed by atoms with E-state index >= 15 is 0 Å². The first-order valence-corrected chi connectivity index (χ1v) is 15.8. The number of aryl methyl sites for hydroxylation is 1. The highest BCUT2D eigenvalue weighted by molar-refractivity contribution is 7.91. The number of benzene rings is 3. The normalized spacial score (nSPS) is 13.0. The minimum atomic E-state index is -4.12. The van der Waals surface area contributed by atoms with Gasteiger partial charge in [0.05, 0.1) is 18.7 Å². The van der Waals surface area contributed by atoms with Gasteiger partial charge in [-0.2, -0.15) is 0 Å². The van der Waals surface area contributed by atoms with E-state index in [1.807, 2.05) is 24.3 Å². The van der Waals surface area contributed by atoms with E-state index in [1.165, 1.54) is 11.6 Å². The molecule has 11 heteroatoms. The third-order valence-electron chi connectivity index (χ3n) is 6.59. The van der Waals surface area contributed by atoms with Crippen LogP contribution in [0.4, 0.5) is 8.78 Å². The first-order chi connectivity index (χ1) is 20.1. The zero-order chi connectivity index (χ0) is 30.1. The molecule has 7 nitrogen and oxygen atoms in total. The summed E-state index contributed by atoms with van der Waals surface area (Å²) < 4.78 is 57.0. The minimum absolute atomic E-state index is 0.0153. The maximum Gasteiger partial charge on any atom is 0.251 e. The minimum Gasteiger partial charge on any atom is -0.390 e. The highest BCUT2D eigenvalue weighted by atomic mass is 32.2. The van der Waals surface area contributed by atoms with Crippen molar-refractivity contribution in [3.8, 4) is 0 Å². The van der Waals surface area contributed by atoms with Crippen LogP contribution in [0, 0.1) is 11.6 Å². The van der Waals surface area contributed by atoms with Crippen molar-refractivity contribution in [3.05, 3.63) is 124 Å². The van der Waals surface area contributed by atoms with Crippen LogP contribution in [0.5, 0.6) is 0 Å². The largest absolute Gasteiger partial charge is 0.390 e. The van der Waals surface area contributed by atoms with E-state index in [-0.39, 0.29) is 35.2 Å². The van der Waals surface area contributed by atoms with Crippen molar-refractivity contribution >= 4 is 27.3 Å². The van der Waals surface area contributed by atoms with Crippen LogP contribution >= 0.6 is 11.3 Å². The summed E-state index contributed by atoms with van der Waals surface area (Å²) in [5.74, 6) is -1.88. The standard InChI is InChI=1S/C31H33F2N3O4S2/c1-2-21-7-6-8-22(13-21)18-34-20-29(37)28(16-23-14-25(32)17-26(33)15-23)36-42(39,40)30-12-11-27(41-30)19-35-31(38)24-9-4-3-5-10-24/h3-15,17,28-29,34,36-37H,2,16,18-20H2,1H3,(H,35,38). The Balaban J connectivity index is 1.44. The Morgan fingerprint density at radius 3 is 2.31 bits per heavy atom. The molecule has 4 N–H and O–H groups in total. The number of carbonyl (C=O) groups is 1. The molecule has 1 aromatic heterocycles. The topological polar surface area (TPSA) is 108 Å². The zero-order valence-corrected chi connectivity index (χ0v) is 24.7. The molecule has 3 aromatic carbocycles. The monoisotopic (exact) mass is 613 g/mol. The van der Waals surface area contributed by atoms with Crippen LogP contribution in [-0.4, -0.2) is 38.1 Å². The smallest absolute Gasteiger partial charge is 0.251 e. The molecule has 4 rings (SSSR count). The van der Waals surface area contributed by atoms with Gasteiger partial charge >= 0.3 is 0 Å².